The highest BCUT2D eigenvalue weighted by molar-refractivity contribution is 7.13. The van der Waals surface area contributed by atoms with Gasteiger partial charge in [-0.3, -0.25) is 4.79 Å². The molecular formula is C8H8F3NOS. The molecule has 6 heteroatoms. The molecule has 0 fully saturated rings. The highest BCUT2D eigenvalue weighted by Gasteiger charge is 2.30. The first-order valence-corrected chi connectivity index (χ1v) is 4.65. The van der Waals surface area contributed by atoms with Gasteiger partial charge < -0.3 is 0 Å². The van der Waals surface area contributed by atoms with Crippen LogP contribution in [0, 0.1) is 6.92 Å². The number of aryl methyl sites for hydroxylation is 1. The average Bonchev–Trinajstić information content (AvgIpc) is 2.26. The first-order valence-electron chi connectivity index (χ1n) is 3.83. The molecule has 1 aromatic rings. The number of ketones is 1. The molecule has 0 aliphatic rings. The van der Waals surface area contributed by atoms with E-state index >= 15 is 0 Å². The monoisotopic (exact) mass is 223 g/mol. The van der Waals surface area contributed by atoms with Crippen LogP contribution in [0.4, 0.5) is 13.2 Å². The standard InChI is InChI=1S/C8H8F3NOS/c1-4-7(5(2)13)14-6(12-4)3-8(9,10)11/h3H2,1-2H3. The number of Topliss-reactive ketones (excluding diaryl/α,β-unsaturated/α-hetero) is 1. The van der Waals surface area contributed by atoms with Crippen LogP contribution in [-0.2, 0) is 6.42 Å². The van der Waals surface area contributed by atoms with Crippen molar-refractivity contribution in [2.24, 2.45) is 0 Å². The topological polar surface area (TPSA) is 30.0 Å². The smallest absolute Gasteiger partial charge is 0.294 e. The maximum Gasteiger partial charge on any atom is 0.395 e. The molecule has 0 aliphatic carbocycles. The quantitative estimate of drug-likeness (QED) is 0.721. The third-order valence-electron chi connectivity index (χ3n) is 1.51. The fraction of sp³-hybridized carbons (Fsp3) is 0.500. The van der Waals surface area contributed by atoms with Gasteiger partial charge in [0.2, 0.25) is 0 Å². The zero-order chi connectivity index (χ0) is 10.9. The first-order chi connectivity index (χ1) is 6.29. The molecule has 0 saturated carbocycles. The van der Waals surface area contributed by atoms with E-state index in [1.165, 1.54) is 13.8 Å². The van der Waals surface area contributed by atoms with Crippen LogP contribution in [0.3, 0.4) is 0 Å². The molecule has 0 radical (unpaired) electrons. The zero-order valence-electron chi connectivity index (χ0n) is 7.60. The Morgan fingerprint density at radius 1 is 1.50 bits per heavy atom. The van der Waals surface area contributed by atoms with E-state index in [0.29, 0.717) is 10.6 Å². The highest BCUT2D eigenvalue weighted by Crippen LogP contribution is 2.26. The van der Waals surface area contributed by atoms with Crippen molar-refractivity contribution in [1.29, 1.82) is 0 Å². The second-order valence-electron chi connectivity index (χ2n) is 2.87. The lowest BCUT2D eigenvalue weighted by atomic mass is 10.3. The van der Waals surface area contributed by atoms with Gasteiger partial charge in [-0.25, -0.2) is 4.98 Å². The van der Waals surface area contributed by atoms with Gasteiger partial charge in [-0.15, -0.1) is 11.3 Å². The summed E-state index contributed by atoms with van der Waals surface area (Å²) in [6, 6.07) is 0. The first kappa shape index (κ1) is 11.2. The Morgan fingerprint density at radius 2 is 2.07 bits per heavy atom. The number of carbonyl (C=O) groups excluding carboxylic acids is 1. The summed E-state index contributed by atoms with van der Waals surface area (Å²) >= 11 is 0.814. The largest absolute Gasteiger partial charge is 0.395 e. The normalized spacial score (nSPS) is 11.8. The van der Waals surface area contributed by atoms with Gasteiger partial charge in [-0.1, -0.05) is 0 Å². The lowest BCUT2D eigenvalue weighted by Crippen LogP contribution is -2.11. The molecular weight excluding hydrogens is 215 g/mol. The van der Waals surface area contributed by atoms with Gasteiger partial charge in [0.15, 0.2) is 5.78 Å². The average molecular weight is 223 g/mol. The van der Waals surface area contributed by atoms with Crippen LogP contribution in [0.2, 0.25) is 0 Å². The Hall–Kier alpha value is -0.910. The van der Waals surface area contributed by atoms with Crippen LogP contribution >= 0.6 is 11.3 Å². The minimum atomic E-state index is -4.27. The number of hydrogen-bond donors (Lipinski definition) is 0. The van der Waals surface area contributed by atoms with Crippen LogP contribution in [0.5, 0.6) is 0 Å². The number of thiazole rings is 1. The second kappa shape index (κ2) is 3.68. The van der Waals surface area contributed by atoms with E-state index in [2.05, 4.69) is 4.98 Å². The Balaban J connectivity index is 2.92. The van der Waals surface area contributed by atoms with E-state index in [-0.39, 0.29) is 10.8 Å². The Bertz CT molecular complexity index is 356. The maximum atomic E-state index is 12.0. The zero-order valence-corrected chi connectivity index (χ0v) is 8.42. The number of alkyl halides is 3. The number of carbonyl (C=O) groups is 1. The fourth-order valence-electron chi connectivity index (χ4n) is 1.03. The second-order valence-corrected chi connectivity index (χ2v) is 3.95. The molecule has 78 valence electrons. The molecule has 1 heterocycles. The van der Waals surface area contributed by atoms with Crippen molar-refractivity contribution in [1.82, 2.24) is 4.98 Å². The van der Waals surface area contributed by atoms with Crippen molar-refractivity contribution in [3.8, 4) is 0 Å². The molecule has 0 spiro atoms. The Kier molecular flexibility index (Phi) is 2.94. The van der Waals surface area contributed by atoms with Gasteiger partial charge in [0.25, 0.3) is 0 Å². The predicted molar refractivity (Wildman–Crippen MR) is 46.6 cm³/mol. The van der Waals surface area contributed by atoms with Crippen molar-refractivity contribution < 1.29 is 18.0 Å². The molecule has 0 unspecified atom stereocenters. The highest BCUT2D eigenvalue weighted by atomic mass is 32.1. The summed E-state index contributed by atoms with van der Waals surface area (Å²) in [5.74, 6) is -0.242. The van der Waals surface area contributed by atoms with E-state index in [1.54, 1.807) is 0 Å². The number of hydrogen-bond acceptors (Lipinski definition) is 3. The number of halogens is 3. The third-order valence-corrected chi connectivity index (χ3v) is 2.77. The Morgan fingerprint density at radius 3 is 2.43 bits per heavy atom. The van der Waals surface area contributed by atoms with E-state index in [4.69, 9.17) is 0 Å². The SMILES string of the molecule is CC(=O)c1sc(CC(F)(F)F)nc1C. The summed E-state index contributed by atoms with van der Waals surface area (Å²) in [7, 11) is 0. The molecule has 0 amide bonds. The van der Waals surface area contributed by atoms with Gasteiger partial charge in [0, 0.05) is 6.92 Å². The molecule has 0 N–H and O–H groups in total. The van der Waals surface area contributed by atoms with Crippen LogP contribution in [0.25, 0.3) is 0 Å². The Labute approximate surface area is 82.8 Å². The van der Waals surface area contributed by atoms with Gasteiger partial charge in [0.1, 0.15) is 5.01 Å². The molecule has 0 aromatic carbocycles. The molecule has 0 bridgehead atoms. The maximum absolute atomic E-state index is 12.0. The summed E-state index contributed by atoms with van der Waals surface area (Å²) < 4.78 is 35.9. The van der Waals surface area contributed by atoms with Crippen molar-refractivity contribution in [2.45, 2.75) is 26.4 Å². The minimum Gasteiger partial charge on any atom is -0.294 e. The lowest BCUT2D eigenvalue weighted by molar-refractivity contribution is -0.127. The third kappa shape index (κ3) is 2.80. The predicted octanol–water partition coefficient (Wildman–Crippen LogP) is 2.76. The fourth-order valence-corrected chi connectivity index (χ4v) is 2.02. The number of aromatic nitrogens is 1. The summed E-state index contributed by atoms with van der Waals surface area (Å²) in [6.07, 6.45) is -5.33. The van der Waals surface area contributed by atoms with E-state index < -0.39 is 12.6 Å². The van der Waals surface area contributed by atoms with Crippen LogP contribution < -0.4 is 0 Å². The van der Waals surface area contributed by atoms with E-state index in [9.17, 15) is 18.0 Å². The van der Waals surface area contributed by atoms with Crippen LogP contribution in [0.15, 0.2) is 0 Å². The van der Waals surface area contributed by atoms with E-state index in [0.717, 1.165) is 11.3 Å². The van der Waals surface area contributed by atoms with Gasteiger partial charge in [0.05, 0.1) is 17.0 Å². The molecule has 2 nitrogen and oxygen atoms in total. The van der Waals surface area contributed by atoms with Crippen LogP contribution in [-0.4, -0.2) is 16.9 Å². The van der Waals surface area contributed by atoms with Gasteiger partial charge in [-0.05, 0) is 6.92 Å². The summed E-state index contributed by atoms with van der Waals surface area (Å²) in [5, 5.41) is -0.0554. The lowest BCUT2D eigenvalue weighted by Gasteiger charge is -2.01. The molecule has 0 aliphatic heterocycles. The van der Waals surface area contributed by atoms with Crippen molar-refractivity contribution >= 4 is 17.1 Å². The summed E-state index contributed by atoms with van der Waals surface area (Å²) in [6.45, 7) is 2.85. The summed E-state index contributed by atoms with van der Waals surface area (Å²) in [4.78, 5) is 14.9. The van der Waals surface area contributed by atoms with Crippen LogP contribution in [0.1, 0.15) is 27.3 Å². The molecule has 1 rings (SSSR count). The molecule has 1 aromatic heterocycles. The van der Waals surface area contributed by atoms with Crippen molar-refractivity contribution in [3.05, 3.63) is 15.6 Å². The minimum absolute atomic E-state index is 0.0554. The molecule has 14 heavy (non-hydrogen) atoms. The van der Waals surface area contributed by atoms with Gasteiger partial charge >= 0.3 is 6.18 Å². The molecule has 0 saturated heterocycles. The number of rotatable bonds is 2. The van der Waals surface area contributed by atoms with E-state index in [1.807, 2.05) is 0 Å². The van der Waals surface area contributed by atoms with Crippen molar-refractivity contribution in [3.63, 3.8) is 0 Å². The van der Waals surface area contributed by atoms with Gasteiger partial charge in [-0.2, -0.15) is 13.2 Å². The summed E-state index contributed by atoms with van der Waals surface area (Å²) in [5.41, 5.74) is 0.377. The number of nitrogens with zero attached hydrogens (tertiary/aromatic N) is 1. The van der Waals surface area contributed by atoms with Crippen molar-refractivity contribution in [2.75, 3.05) is 0 Å². The molecule has 0 atom stereocenters.